The third-order valence-electron chi connectivity index (χ3n) is 5.96. The Morgan fingerprint density at radius 1 is 0.931 bits per heavy atom. The van der Waals surface area contributed by atoms with Crippen LogP contribution in [-0.4, -0.2) is 54.8 Å². The van der Waals surface area contributed by atoms with E-state index >= 15 is 0 Å². The van der Waals surface area contributed by atoms with Crippen LogP contribution in [0.1, 0.15) is 34.8 Å². The number of carbonyl (C=O) groups is 1. The molecule has 2 unspecified atom stereocenters. The van der Waals surface area contributed by atoms with Crippen molar-refractivity contribution in [1.29, 1.82) is 0 Å². The molecule has 7 heteroatoms. The van der Waals surface area contributed by atoms with Gasteiger partial charge in [-0.3, -0.25) is 9.69 Å². The number of fused-ring (bicyclic) bond motifs is 1. The zero-order chi connectivity index (χ0) is 19.6. The van der Waals surface area contributed by atoms with Gasteiger partial charge in [0.2, 0.25) is 6.79 Å². The first-order chi connectivity index (χ1) is 14.3. The van der Waals surface area contributed by atoms with Crippen molar-refractivity contribution in [2.24, 2.45) is 0 Å². The lowest BCUT2D eigenvalue weighted by molar-refractivity contribution is 0.0756. The van der Waals surface area contributed by atoms with E-state index < -0.39 is 0 Å². The van der Waals surface area contributed by atoms with E-state index in [1.54, 1.807) is 6.07 Å². The van der Waals surface area contributed by atoms with Gasteiger partial charge in [0, 0.05) is 37.8 Å². The van der Waals surface area contributed by atoms with Crippen molar-refractivity contribution < 1.29 is 14.3 Å². The second kappa shape index (κ2) is 8.02. The molecule has 0 bridgehead atoms. The minimum Gasteiger partial charge on any atom is -0.454 e. The van der Waals surface area contributed by atoms with Gasteiger partial charge >= 0.3 is 0 Å². The number of amides is 1. The molecular weight excluding hydrogens is 368 g/mol. The van der Waals surface area contributed by atoms with Crippen molar-refractivity contribution in [2.45, 2.75) is 25.0 Å². The van der Waals surface area contributed by atoms with Crippen LogP contribution in [0.25, 0.3) is 0 Å². The highest BCUT2D eigenvalue weighted by atomic mass is 16.7. The third-order valence-corrected chi connectivity index (χ3v) is 5.96. The fraction of sp³-hybridized carbons (Fsp3) is 0.409. The van der Waals surface area contributed by atoms with Gasteiger partial charge in [0.05, 0.1) is 6.17 Å². The van der Waals surface area contributed by atoms with Crippen LogP contribution in [0.4, 0.5) is 0 Å². The summed E-state index contributed by atoms with van der Waals surface area (Å²) in [6.45, 7) is 3.55. The van der Waals surface area contributed by atoms with E-state index in [1.165, 1.54) is 5.56 Å². The van der Waals surface area contributed by atoms with Crippen LogP contribution in [0, 0.1) is 0 Å². The Balaban J connectivity index is 1.20. The van der Waals surface area contributed by atoms with Gasteiger partial charge in [0.1, 0.15) is 0 Å². The van der Waals surface area contributed by atoms with E-state index in [9.17, 15) is 4.79 Å². The van der Waals surface area contributed by atoms with Gasteiger partial charge < -0.3 is 14.4 Å². The van der Waals surface area contributed by atoms with Gasteiger partial charge in [-0.25, -0.2) is 10.9 Å². The van der Waals surface area contributed by atoms with Gasteiger partial charge in [-0.05, 0) is 36.6 Å². The van der Waals surface area contributed by atoms with Crippen LogP contribution in [0.5, 0.6) is 11.5 Å². The highest BCUT2D eigenvalue weighted by Gasteiger charge is 2.31. The van der Waals surface area contributed by atoms with Crippen molar-refractivity contribution in [1.82, 2.24) is 20.7 Å². The lowest BCUT2D eigenvalue weighted by atomic mass is 10.0. The van der Waals surface area contributed by atoms with Gasteiger partial charge in [-0.15, -0.1) is 0 Å². The van der Waals surface area contributed by atoms with Crippen molar-refractivity contribution in [3.63, 3.8) is 0 Å². The van der Waals surface area contributed by atoms with Crippen LogP contribution in [0.3, 0.4) is 0 Å². The van der Waals surface area contributed by atoms with Crippen LogP contribution >= 0.6 is 0 Å². The first-order valence-corrected chi connectivity index (χ1v) is 10.3. The molecule has 0 saturated carbocycles. The van der Waals surface area contributed by atoms with Gasteiger partial charge in [0.25, 0.3) is 5.91 Å². The van der Waals surface area contributed by atoms with E-state index in [-0.39, 0.29) is 18.9 Å². The zero-order valence-corrected chi connectivity index (χ0v) is 16.3. The predicted octanol–water partition coefficient (Wildman–Crippen LogP) is 2.13. The molecule has 0 aliphatic carbocycles. The summed E-state index contributed by atoms with van der Waals surface area (Å²) in [5.74, 6) is 1.42. The summed E-state index contributed by atoms with van der Waals surface area (Å²) in [5.41, 5.74) is 8.84. The Morgan fingerprint density at radius 2 is 1.79 bits per heavy atom. The molecule has 2 fully saturated rings. The Labute approximate surface area is 170 Å². The highest BCUT2D eigenvalue weighted by Crippen LogP contribution is 2.33. The van der Waals surface area contributed by atoms with Crippen LogP contribution < -0.4 is 20.3 Å². The van der Waals surface area contributed by atoms with Crippen molar-refractivity contribution in [3.05, 3.63) is 59.7 Å². The molecule has 2 aromatic rings. The van der Waals surface area contributed by atoms with E-state index in [4.69, 9.17) is 9.47 Å². The summed E-state index contributed by atoms with van der Waals surface area (Å²) in [7, 11) is 0. The Bertz CT molecular complexity index is 876. The fourth-order valence-corrected chi connectivity index (χ4v) is 4.35. The molecule has 3 aliphatic heterocycles. The summed E-state index contributed by atoms with van der Waals surface area (Å²) in [6, 6.07) is 16.3. The summed E-state index contributed by atoms with van der Waals surface area (Å²) >= 11 is 0. The molecule has 0 radical (unpaired) electrons. The molecule has 2 saturated heterocycles. The normalized spacial score (nSPS) is 24.5. The molecule has 152 valence electrons. The Hall–Kier alpha value is -2.61. The maximum atomic E-state index is 13.0. The molecule has 0 spiro atoms. The fourth-order valence-electron chi connectivity index (χ4n) is 4.35. The van der Waals surface area contributed by atoms with E-state index in [0.29, 0.717) is 23.1 Å². The smallest absolute Gasteiger partial charge is 0.254 e. The number of rotatable bonds is 3. The third kappa shape index (κ3) is 3.81. The first kappa shape index (κ1) is 18.4. The quantitative estimate of drug-likeness (QED) is 0.832. The van der Waals surface area contributed by atoms with E-state index in [0.717, 1.165) is 39.0 Å². The van der Waals surface area contributed by atoms with Gasteiger partial charge in [0.15, 0.2) is 11.5 Å². The Kier molecular flexibility index (Phi) is 5.10. The maximum Gasteiger partial charge on any atom is 0.254 e. The number of nitrogens with one attached hydrogen (secondary N) is 2. The topological polar surface area (TPSA) is 66.1 Å². The number of hydrogen-bond donors (Lipinski definition) is 2. The average Bonchev–Trinajstić information content (AvgIpc) is 3.38. The standard InChI is InChI=1S/C22H26N4O3/c27-22(17-7-8-19-20(13-17)29-15-28-19)26-10-4-9-25(11-12-26)21-14-18(23-24-21)16-5-2-1-3-6-16/h1-3,5-8,13,18,21,23-24H,4,9-12,14-15H2. The highest BCUT2D eigenvalue weighted by molar-refractivity contribution is 5.95. The molecule has 3 heterocycles. The summed E-state index contributed by atoms with van der Waals surface area (Å²) in [6.07, 6.45) is 2.26. The molecule has 2 aromatic carbocycles. The van der Waals surface area contributed by atoms with Crippen molar-refractivity contribution in [2.75, 3.05) is 33.0 Å². The SMILES string of the molecule is O=C(c1ccc2c(c1)OCO2)N1CCCN(C2CC(c3ccccc3)NN2)CC1. The molecule has 0 aromatic heterocycles. The number of carbonyl (C=O) groups excluding carboxylic acids is 1. The largest absolute Gasteiger partial charge is 0.454 e. The summed E-state index contributed by atoms with van der Waals surface area (Å²) < 4.78 is 10.8. The minimum atomic E-state index is 0.0600. The average molecular weight is 394 g/mol. The van der Waals surface area contributed by atoms with Gasteiger partial charge in [-0.2, -0.15) is 0 Å². The summed E-state index contributed by atoms with van der Waals surface area (Å²) in [4.78, 5) is 17.4. The molecule has 7 nitrogen and oxygen atoms in total. The molecular formula is C22H26N4O3. The molecule has 29 heavy (non-hydrogen) atoms. The summed E-state index contributed by atoms with van der Waals surface area (Å²) in [5, 5.41) is 0. The lowest BCUT2D eigenvalue weighted by Crippen LogP contribution is -2.46. The van der Waals surface area contributed by atoms with Crippen molar-refractivity contribution in [3.8, 4) is 11.5 Å². The molecule has 5 rings (SSSR count). The number of ether oxygens (including phenoxy) is 2. The van der Waals surface area contributed by atoms with Crippen LogP contribution in [-0.2, 0) is 0 Å². The number of benzene rings is 2. The van der Waals surface area contributed by atoms with Crippen LogP contribution in [0.15, 0.2) is 48.5 Å². The Morgan fingerprint density at radius 3 is 2.69 bits per heavy atom. The molecule has 2 atom stereocenters. The van der Waals surface area contributed by atoms with E-state index in [1.807, 2.05) is 23.1 Å². The monoisotopic (exact) mass is 394 g/mol. The molecule has 1 amide bonds. The van der Waals surface area contributed by atoms with Crippen molar-refractivity contribution >= 4 is 5.91 Å². The van der Waals surface area contributed by atoms with Crippen LogP contribution in [0.2, 0.25) is 0 Å². The first-order valence-electron chi connectivity index (χ1n) is 10.3. The molecule has 2 N–H and O–H groups in total. The van der Waals surface area contributed by atoms with Gasteiger partial charge in [-0.1, -0.05) is 30.3 Å². The second-order valence-electron chi connectivity index (χ2n) is 7.75. The minimum absolute atomic E-state index is 0.0600. The number of hydrogen-bond acceptors (Lipinski definition) is 6. The zero-order valence-electron chi connectivity index (χ0n) is 16.3. The second-order valence-corrected chi connectivity index (χ2v) is 7.75. The lowest BCUT2D eigenvalue weighted by Gasteiger charge is -2.27. The van der Waals surface area contributed by atoms with E-state index in [2.05, 4.69) is 40.0 Å². The maximum absolute atomic E-state index is 13.0. The number of nitrogens with zero attached hydrogens (tertiary/aromatic N) is 2. The predicted molar refractivity (Wildman–Crippen MR) is 109 cm³/mol. The molecule has 3 aliphatic rings. The number of hydrazine groups is 1.